The molecule has 1 amide bonds. The van der Waals surface area contributed by atoms with Crippen LogP contribution < -0.4 is 0 Å². The predicted molar refractivity (Wildman–Crippen MR) is 86.0 cm³/mol. The number of carbonyl (C=O) groups excluding carboxylic acids is 1. The first-order valence-corrected chi connectivity index (χ1v) is 7.66. The number of carbonyl (C=O) groups is 1. The summed E-state index contributed by atoms with van der Waals surface area (Å²) >= 11 is 0. The van der Waals surface area contributed by atoms with Crippen LogP contribution in [0.5, 0.6) is 0 Å². The molecule has 116 valence electrons. The maximum absolute atomic E-state index is 12.8. The normalized spacial score (nSPS) is 14.1. The molecule has 0 saturated heterocycles. The van der Waals surface area contributed by atoms with Gasteiger partial charge in [-0.2, -0.15) is 0 Å². The van der Waals surface area contributed by atoms with Gasteiger partial charge in [0, 0.05) is 31.0 Å². The third kappa shape index (κ3) is 2.36. The first-order chi connectivity index (χ1) is 11.1. The molecule has 23 heavy (non-hydrogen) atoms. The number of aryl methyl sites for hydroxylation is 2. The van der Waals surface area contributed by atoms with E-state index in [0.717, 1.165) is 34.8 Å². The van der Waals surface area contributed by atoms with Crippen molar-refractivity contribution < 1.29 is 4.79 Å². The van der Waals surface area contributed by atoms with Gasteiger partial charge in [-0.15, -0.1) is 0 Å². The zero-order valence-corrected chi connectivity index (χ0v) is 13.2. The van der Waals surface area contributed by atoms with Gasteiger partial charge in [0.1, 0.15) is 5.82 Å². The first-order valence-electron chi connectivity index (χ1n) is 7.66. The monoisotopic (exact) mass is 307 g/mol. The minimum Gasteiger partial charge on any atom is -0.332 e. The Bertz CT molecular complexity index is 914. The van der Waals surface area contributed by atoms with E-state index in [2.05, 4.69) is 19.5 Å². The Hall–Kier alpha value is -2.76. The van der Waals surface area contributed by atoms with Gasteiger partial charge < -0.3 is 9.47 Å². The summed E-state index contributed by atoms with van der Waals surface area (Å²) in [6, 6.07) is 5.53. The molecular weight excluding hydrogens is 290 g/mol. The van der Waals surface area contributed by atoms with Crippen LogP contribution in [0.25, 0.3) is 11.0 Å². The molecule has 0 unspecified atom stereocenters. The second-order valence-corrected chi connectivity index (χ2v) is 5.86. The van der Waals surface area contributed by atoms with Crippen LogP contribution in [0, 0.1) is 13.8 Å². The number of hydrogen-bond donors (Lipinski definition) is 0. The fourth-order valence-electron chi connectivity index (χ4n) is 2.89. The van der Waals surface area contributed by atoms with Gasteiger partial charge in [0.05, 0.1) is 29.0 Å². The number of aromatic nitrogens is 4. The largest absolute Gasteiger partial charge is 0.332 e. The lowest BCUT2D eigenvalue weighted by Gasteiger charge is -2.27. The Kier molecular flexibility index (Phi) is 3.11. The van der Waals surface area contributed by atoms with Crippen molar-refractivity contribution in [1.29, 1.82) is 0 Å². The number of imidazole rings is 1. The van der Waals surface area contributed by atoms with Gasteiger partial charge in [-0.05, 0) is 32.0 Å². The molecule has 0 spiro atoms. The molecule has 0 bridgehead atoms. The van der Waals surface area contributed by atoms with Crippen LogP contribution in [-0.2, 0) is 13.1 Å². The Labute approximate surface area is 133 Å². The van der Waals surface area contributed by atoms with Crippen LogP contribution in [0.2, 0.25) is 0 Å². The lowest BCUT2D eigenvalue weighted by atomic mass is 10.1. The van der Waals surface area contributed by atoms with Crippen LogP contribution in [0.4, 0.5) is 0 Å². The molecule has 0 aliphatic carbocycles. The number of rotatable bonds is 1. The Morgan fingerprint density at radius 1 is 1.09 bits per heavy atom. The highest BCUT2D eigenvalue weighted by Crippen LogP contribution is 2.18. The molecule has 6 nitrogen and oxygen atoms in total. The lowest BCUT2D eigenvalue weighted by Crippen LogP contribution is -2.38. The fraction of sp³-hybridized carbons (Fsp3) is 0.294. The van der Waals surface area contributed by atoms with Gasteiger partial charge in [0.2, 0.25) is 0 Å². The summed E-state index contributed by atoms with van der Waals surface area (Å²) in [5.41, 5.74) is 4.04. The highest BCUT2D eigenvalue weighted by atomic mass is 16.2. The molecule has 0 saturated carbocycles. The minimum absolute atomic E-state index is 0.0150. The maximum atomic E-state index is 12.8. The molecule has 3 aromatic rings. The van der Waals surface area contributed by atoms with Gasteiger partial charge in [0.25, 0.3) is 5.91 Å². The van der Waals surface area contributed by atoms with Crippen molar-refractivity contribution >= 4 is 16.9 Å². The van der Waals surface area contributed by atoms with E-state index in [-0.39, 0.29) is 5.91 Å². The molecular formula is C17H17N5O. The van der Waals surface area contributed by atoms with Gasteiger partial charge in [0.15, 0.2) is 0 Å². The molecule has 1 aliphatic heterocycles. The zero-order chi connectivity index (χ0) is 16.0. The predicted octanol–water partition coefficient (Wildman–Crippen LogP) is 2.10. The topological polar surface area (TPSA) is 63.9 Å². The summed E-state index contributed by atoms with van der Waals surface area (Å²) in [5, 5.41) is 0. The van der Waals surface area contributed by atoms with E-state index >= 15 is 0 Å². The number of amides is 1. The average molecular weight is 307 g/mol. The highest BCUT2D eigenvalue weighted by Gasteiger charge is 2.22. The van der Waals surface area contributed by atoms with Gasteiger partial charge in [-0.1, -0.05) is 0 Å². The average Bonchev–Trinajstić information content (AvgIpc) is 3.02. The molecule has 0 radical (unpaired) electrons. The smallest absolute Gasteiger partial charge is 0.254 e. The first kappa shape index (κ1) is 13.9. The fourth-order valence-corrected chi connectivity index (χ4v) is 2.89. The molecule has 2 aromatic heterocycles. The molecule has 0 fully saturated rings. The van der Waals surface area contributed by atoms with Crippen molar-refractivity contribution in [3.63, 3.8) is 0 Å². The van der Waals surface area contributed by atoms with Gasteiger partial charge in [-0.25, -0.2) is 15.0 Å². The third-order valence-corrected chi connectivity index (χ3v) is 4.35. The molecule has 3 heterocycles. The molecule has 6 heteroatoms. The van der Waals surface area contributed by atoms with Gasteiger partial charge >= 0.3 is 0 Å². The Balaban J connectivity index is 1.66. The van der Waals surface area contributed by atoms with Crippen LogP contribution in [-0.4, -0.2) is 36.9 Å². The van der Waals surface area contributed by atoms with Crippen molar-refractivity contribution in [2.75, 3.05) is 6.54 Å². The van der Waals surface area contributed by atoms with Crippen molar-refractivity contribution in [2.24, 2.45) is 0 Å². The van der Waals surface area contributed by atoms with E-state index in [1.807, 2.05) is 43.1 Å². The molecule has 0 atom stereocenters. The zero-order valence-electron chi connectivity index (χ0n) is 13.2. The van der Waals surface area contributed by atoms with Crippen LogP contribution >= 0.6 is 0 Å². The van der Waals surface area contributed by atoms with Crippen molar-refractivity contribution in [1.82, 2.24) is 24.4 Å². The van der Waals surface area contributed by atoms with E-state index in [1.165, 1.54) is 0 Å². The van der Waals surface area contributed by atoms with E-state index in [1.54, 1.807) is 6.20 Å². The van der Waals surface area contributed by atoms with Gasteiger partial charge in [-0.3, -0.25) is 4.79 Å². The number of benzene rings is 1. The number of fused-ring (bicyclic) bond motifs is 2. The standard InChI is InChI=1S/C17H17N5O/c1-11-12(2)20-15-9-13(3-4-14(15)19-11)17(23)22-8-7-21-6-5-18-16(21)10-22/h3-6,9H,7-8,10H2,1-2H3. The maximum Gasteiger partial charge on any atom is 0.254 e. The van der Waals surface area contributed by atoms with Crippen molar-refractivity contribution in [3.05, 3.63) is 53.4 Å². The molecule has 1 aliphatic rings. The van der Waals surface area contributed by atoms with Crippen molar-refractivity contribution in [3.8, 4) is 0 Å². The second-order valence-electron chi connectivity index (χ2n) is 5.86. The summed E-state index contributed by atoms with van der Waals surface area (Å²) in [6.45, 7) is 5.89. The Morgan fingerprint density at radius 2 is 1.87 bits per heavy atom. The summed E-state index contributed by atoms with van der Waals surface area (Å²) in [7, 11) is 0. The second kappa shape index (κ2) is 5.15. The van der Waals surface area contributed by atoms with Crippen LogP contribution in [0.3, 0.4) is 0 Å². The minimum atomic E-state index is 0.0150. The molecule has 1 aromatic carbocycles. The van der Waals surface area contributed by atoms with Crippen molar-refractivity contribution in [2.45, 2.75) is 26.9 Å². The highest BCUT2D eigenvalue weighted by molar-refractivity contribution is 5.97. The number of nitrogens with zero attached hydrogens (tertiary/aromatic N) is 5. The molecule has 4 rings (SSSR count). The quantitative estimate of drug-likeness (QED) is 0.690. The van der Waals surface area contributed by atoms with E-state index in [0.29, 0.717) is 18.7 Å². The summed E-state index contributed by atoms with van der Waals surface area (Å²) in [5.74, 6) is 0.942. The van der Waals surface area contributed by atoms with E-state index in [4.69, 9.17) is 0 Å². The third-order valence-electron chi connectivity index (χ3n) is 4.35. The van der Waals surface area contributed by atoms with E-state index in [9.17, 15) is 4.79 Å². The lowest BCUT2D eigenvalue weighted by molar-refractivity contribution is 0.0707. The summed E-state index contributed by atoms with van der Waals surface area (Å²) in [4.78, 5) is 28.0. The summed E-state index contributed by atoms with van der Waals surface area (Å²) in [6.07, 6.45) is 3.73. The van der Waals surface area contributed by atoms with Crippen LogP contribution in [0.1, 0.15) is 27.6 Å². The van der Waals surface area contributed by atoms with Crippen LogP contribution in [0.15, 0.2) is 30.6 Å². The SMILES string of the molecule is Cc1nc2ccc(C(=O)N3CCn4ccnc4C3)cc2nc1C. The molecule has 0 N–H and O–H groups in total. The Morgan fingerprint density at radius 3 is 2.70 bits per heavy atom. The van der Waals surface area contributed by atoms with E-state index < -0.39 is 0 Å². The number of hydrogen-bond acceptors (Lipinski definition) is 4. The summed E-state index contributed by atoms with van der Waals surface area (Å²) < 4.78 is 2.09.